The third-order valence-electron chi connectivity index (χ3n) is 6.33. The van der Waals surface area contributed by atoms with Gasteiger partial charge in [-0.25, -0.2) is 0 Å². The van der Waals surface area contributed by atoms with Gasteiger partial charge < -0.3 is 14.5 Å². The number of piperazine rings is 1. The Morgan fingerprint density at radius 2 is 1.85 bits per heavy atom. The second-order valence-electron chi connectivity index (χ2n) is 8.82. The lowest BCUT2D eigenvalue weighted by atomic mass is 9.98. The molecule has 2 aromatic rings. The number of thiophene rings is 1. The van der Waals surface area contributed by atoms with Crippen LogP contribution in [-0.2, 0) is 20.9 Å². The van der Waals surface area contributed by atoms with Crippen LogP contribution in [0.1, 0.15) is 33.6 Å². The highest BCUT2D eigenvalue weighted by atomic mass is 32.1. The lowest BCUT2D eigenvalue weighted by molar-refractivity contribution is -0.157. The molecule has 0 bridgehead atoms. The number of carbonyl (C=O) groups excluding carboxylic acids is 3. The van der Waals surface area contributed by atoms with E-state index < -0.39 is 0 Å². The molecule has 2 saturated heterocycles. The highest BCUT2D eigenvalue weighted by Gasteiger charge is 2.31. The molecule has 0 radical (unpaired) electrons. The van der Waals surface area contributed by atoms with Crippen molar-refractivity contribution in [2.75, 3.05) is 45.9 Å². The number of carbonyl (C=O) groups is 3. The van der Waals surface area contributed by atoms with Crippen LogP contribution in [0.15, 0.2) is 41.8 Å². The van der Waals surface area contributed by atoms with Crippen molar-refractivity contribution in [3.8, 4) is 0 Å². The monoisotopic (exact) mass is 469 g/mol. The minimum atomic E-state index is -0.384. The van der Waals surface area contributed by atoms with Gasteiger partial charge in [0.15, 0.2) is 6.61 Å². The van der Waals surface area contributed by atoms with Crippen molar-refractivity contribution in [2.45, 2.75) is 26.3 Å². The summed E-state index contributed by atoms with van der Waals surface area (Å²) < 4.78 is 5.37. The van der Waals surface area contributed by atoms with Crippen LogP contribution in [0.4, 0.5) is 0 Å². The second-order valence-corrected chi connectivity index (χ2v) is 9.77. The fourth-order valence-electron chi connectivity index (χ4n) is 4.48. The van der Waals surface area contributed by atoms with E-state index in [2.05, 4.69) is 36.1 Å². The van der Waals surface area contributed by atoms with Gasteiger partial charge in [0, 0.05) is 45.8 Å². The molecule has 7 nitrogen and oxygen atoms in total. The van der Waals surface area contributed by atoms with Crippen molar-refractivity contribution in [2.24, 2.45) is 5.92 Å². The van der Waals surface area contributed by atoms with Gasteiger partial charge in [-0.1, -0.05) is 35.9 Å². The van der Waals surface area contributed by atoms with Gasteiger partial charge in [-0.3, -0.25) is 19.3 Å². The molecule has 1 aromatic carbocycles. The molecule has 3 heterocycles. The molecular weight excluding hydrogens is 438 g/mol. The molecule has 33 heavy (non-hydrogen) atoms. The summed E-state index contributed by atoms with van der Waals surface area (Å²) >= 11 is 1.40. The number of rotatable bonds is 6. The van der Waals surface area contributed by atoms with Crippen LogP contribution in [-0.4, -0.2) is 78.4 Å². The molecule has 0 saturated carbocycles. The maximum Gasteiger partial charge on any atom is 0.311 e. The molecule has 2 aliphatic heterocycles. The van der Waals surface area contributed by atoms with Crippen molar-refractivity contribution in [1.82, 2.24) is 14.7 Å². The Morgan fingerprint density at radius 3 is 2.58 bits per heavy atom. The van der Waals surface area contributed by atoms with Gasteiger partial charge in [0.05, 0.1) is 10.8 Å². The Bertz CT molecular complexity index is 970. The van der Waals surface area contributed by atoms with Gasteiger partial charge in [-0.05, 0) is 36.8 Å². The summed E-state index contributed by atoms with van der Waals surface area (Å²) in [4.78, 5) is 44.3. The first-order chi connectivity index (χ1) is 16.0. The van der Waals surface area contributed by atoms with Crippen LogP contribution in [0.2, 0.25) is 0 Å². The van der Waals surface area contributed by atoms with E-state index in [-0.39, 0.29) is 30.3 Å². The van der Waals surface area contributed by atoms with Gasteiger partial charge in [0.1, 0.15) is 0 Å². The van der Waals surface area contributed by atoms with Crippen LogP contribution in [0.25, 0.3) is 0 Å². The zero-order chi connectivity index (χ0) is 23.2. The van der Waals surface area contributed by atoms with E-state index in [1.165, 1.54) is 22.5 Å². The summed E-state index contributed by atoms with van der Waals surface area (Å²) in [5.74, 6) is -0.949. The highest BCUT2D eigenvalue weighted by molar-refractivity contribution is 7.12. The number of piperidine rings is 1. The fourth-order valence-corrected chi connectivity index (χ4v) is 5.17. The second kappa shape index (κ2) is 10.9. The van der Waals surface area contributed by atoms with Crippen LogP contribution in [0, 0.1) is 12.8 Å². The fraction of sp³-hybridized carbons (Fsp3) is 0.480. The van der Waals surface area contributed by atoms with Gasteiger partial charge in [0.25, 0.3) is 11.8 Å². The quantitative estimate of drug-likeness (QED) is 0.609. The third kappa shape index (κ3) is 6.21. The molecule has 1 unspecified atom stereocenters. The predicted molar refractivity (Wildman–Crippen MR) is 127 cm³/mol. The topological polar surface area (TPSA) is 70.2 Å². The summed E-state index contributed by atoms with van der Waals surface area (Å²) in [7, 11) is 0. The van der Waals surface area contributed by atoms with Crippen molar-refractivity contribution < 1.29 is 19.1 Å². The molecular formula is C25H31N3O4S. The average Bonchev–Trinajstić information content (AvgIpc) is 3.37. The van der Waals surface area contributed by atoms with Crippen LogP contribution in [0.3, 0.4) is 0 Å². The standard InChI is InChI=1S/C25H31N3O4S/c1-19-5-2-6-20(15-19)16-26-10-12-27(13-11-26)23(29)18-32-25(31)21-7-3-9-28(17-21)24(30)22-8-4-14-33-22/h2,4-6,8,14-15,21H,3,7,9-13,16-18H2,1H3. The van der Waals surface area contributed by atoms with Crippen molar-refractivity contribution in [3.05, 3.63) is 57.8 Å². The van der Waals surface area contributed by atoms with E-state index >= 15 is 0 Å². The minimum Gasteiger partial charge on any atom is -0.455 e. The Labute approximate surface area is 198 Å². The number of ether oxygens (including phenoxy) is 1. The summed E-state index contributed by atoms with van der Waals surface area (Å²) in [6, 6.07) is 12.1. The first-order valence-corrected chi connectivity index (χ1v) is 12.4. The number of hydrogen-bond acceptors (Lipinski definition) is 6. The number of nitrogens with zero attached hydrogens (tertiary/aromatic N) is 3. The summed E-state index contributed by atoms with van der Waals surface area (Å²) in [5.41, 5.74) is 2.53. The van der Waals surface area contributed by atoms with E-state index in [4.69, 9.17) is 4.74 Å². The summed E-state index contributed by atoms with van der Waals surface area (Å²) in [5, 5.41) is 1.87. The minimum absolute atomic E-state index is 0.0397. The first-order valence-electron chi connectivity index (χ1n) is 11.5. The number of likely N-dealkylation sites (tertiary alicyclic amines) is 1. The molecule has 1 aromatic heterocycles. The molecule has 4 rings (SSSR count). The molecule has 2 aliphatic rings. The van der Waals surface area contributed by atoms with E-state index in [9.17, 15) is 14.4 Å². The normalized spacial score (nSPS) is 19.4. The van der Waals surface area contributed by atoms with E-state index in [1.54, 1.807) is 15.9 Å². The van der Waals surface area contributed by atoms with E-state index in [1.807, 2.05) is 11.4 Å². The molecule has 2 amide bonds. The van der Waals surface area contributed by atoms with Gasteiger partial charge >= 0.3 is 5.97 Å². The maximum absolute atomic E-state index is 12.6. The van der Waals surface area contributed by atoms with Crippen LogP contribution >= 0.6 is 11.3 Å². The first kappa shape index (κ1) is 23.4. The SMILES string of the molecule is Cc1cccc(CN2CCN(C(=O)COC(=O)C3CCCN(C(=O)c4cccs4)C3)CC2)c1. The Balaban J connectivity index is 1.19. The zero-order valence-electron chi connectivity index (χ0n) is 19.1. The molecule has 1 atom stereocenters. The number of amides is 2. The van der Waals surface area contributed by atoms with Crippen molar-refractivity contribution in [1.29, 1.82) is 0 Å². The molecule has 176 valence electrons. The van der Waals surface area contributed by atoms with Crippen LogP contribution < -0.4 is 0 Å². The van der Waals surface area contributed by atoms with Crippen molar-refractivity contribution in [3.63, 3.8) is 0 Å². The smallest absolute Gasteiger partial charge is 0.311 e. The van der Waals surface area contributed by atoms with E-state index in [0.717, 1.165) is 26.1 Å². The zero-order valence-corrected chi connectivity index (χ0v) is 19.9. The van der Waals surface area contributed by atoms with Gasteiger partial charge in [-0.15, -0.1) is 11.3 Å². The molecule has 2 fully saturated rings. The number of benzene rings is 1. The number of esters is 1. The largest absolute Gasteiger partial charge is 0.455 e. The number of hydrogen-bond donors (Lipinski definition) is 0. The summed E-state index contributed by atoms with van der Waals surface area (Å²) in [6.45, 7) is 6.60. The lowest BCUT2D eigenvalue weighted by Gasteiger charge is -2.35. The van der Waals surface area contributed by atoms with Gasteiger partial charge in [-0.2, -0.15) is 0 Å². The average molecular weight is 470 g/mol. The Hall–Kier alpha value is -2.71. The Morgan fingerprint density at radius 1 is 1.03 bits per heavy atom. The highest BCUT2D eigenvalue weighted by Crippen LogP contribution is 2.21. The molecule has 0 N–H and O–H groups in total. The Kier molecular flexibility index (Phi) is 7.77. The lowest BCUT2D eigenvalue weighted by Crippen LogP contribution is -2.49. The van der Waals surface area contributed by atoms with Crippen LogP contribution in [0.5, 0.6) is 0 Å². The number of aryl methyl sites for hydroxylation is 1. The summed E-state index contributed by atoms with van der Waals surface area (Å²) in [6.07, 6.45) is 1.44. The molecule has 0 aliphatic carbocycles. The third-order valence-corrected chi connectivity index (χ3v) is 7.18. The van der Waals surface area contributed by atoms with Crippen molar-refractivity contribution >= 4 is 29.1 Å². The molecule has 8 heteroatoms. The molecule has 0 spiro atoms. The van der Waals surface area contributed by atoms with Gasteiger partial charge in [0.2, 0.25) is 0 Å². The maximum atomic E-state index is 12.6. The van der Waals surface area contributed by atoms with E-state index in [0.29, 0.717) is 37.5 Å². The predicted octanol–water partition coefficient (Wildman–Crippen LogP) is 2.80.